The van der Waals surface area contributed by atoms with E-state index in [0.29, 0.717) is 23.8 Å². The van der Waals surface area contributed by atoms with Crippen molar-refractivity contribution < 1.29 is 0 Å². The first-order chi connectivity index (χ1) is 8.63. The second-order valence-corrected chi connectivity index (χ2v) is 5.79. The SMILES string of the molecule is CCc1c(Cl)[nH]c(=O)n(C(C2CC2)C2CC2)c1=O. The maximum Gasteiger partial charge on any atom is 0.329 e. The average molecular weight is 269 g/mol. The topological polar surface area (TPSA) is 54.9 Å². The molecular formula is C13H17ClN2O2. The fraction of sp³-hybridized carbons (Fsp3) is 0.692. The van der Waals surface area contributed by atoms with Crippen LogP contribution in [-0.4, -0.2) is 9.55 Å². The van der Waals surface area contributed by atoms with Crippen LogP contribution in [0, 0.1) is 11.8 Å². The molecule has 0 unspecified atom stereocenters. The van der Waals surface area contributed by atoms with Crippen molar-refractivity contribution in [3.05, 3.63) is 31.6 Å². The second-order valence-electron chi connectivity index (χ2n) is 5.42. The molecule has 0 atom stereocenters. The number of hydrogen-bond donors (Lipinski definition) is 1. The quantitative estimate of drug-likeness (QED) is 0.851. The van der Waals surface area contributed by atoms with Gasteiger partial charge in [-0.05, 0) is 43.9 Å². The predicted octanol–water partition coefficient (Wildman–Crippen LogP) is 2.11. The van der Waals surface area contributed by atoms with Crippen LogP contribution in [0.25, 0.3) is 0 Å². The van der Waals surface area contributed by atoms with E-state index in [0.717, 1.165) is 25.7 Å². The van der Waals surface area contributed by atoms with Crippen LogP contribution in [0.4, 0.5) is 0 Å². The molecule has 0 spiro atoms. The molecule has 18 heavy (non-hydrogen) atoms. The van der Waals surface area contributed by atoms with Crippen molar-refractivity contribution in [2.75, 3.05) is 0 Å². The van der Waals surface area contributed by atoms with Crippen molar-refractivity contribution in [1.82, 2.24) is 9.55 Å². The lowest BCUT2D eigenvalue weighted by atomic mass is 10.1. The highest BCUT2D eigenvalue weighted by Crippen LogP contribution is 2.51. The standard InChI is InChI=1S/C13H17ClN2O2/c1-2-9-11(14)15-13(18)16(12(9)17)10(7-3-4-7)8-5-6-8/h7-8,10H,2-6H2,1H3,(H,15,18). The number of nitrogens with one attached hydrogen (secondary N) is 1. The number of H-pyrrole nitrogens is 1. The van der Waals surface area contributed by atoms with Crippen LogP contribution in [0.5, 0.6) is 0 Å². The molecule has 1 heterocycles. The molecule has 4 nitrogen and oxygen atoms in total. The number of nitrogens with zero attached hydrogens (tertiary/aromatic N) is 1. The van der Waals surface area contributed by atoms with Gasteiger partial charge in [0.15, 0.2) is 0 Å². The normalized spacial score (nSPS) is 19.5. The lowest BCUT2D eigenvalue weighted by Crippen LogP contribution is -2.41. The van der Waals surface area contributed by atoms with E-state index in [2.05, 4.69) is 4.98 Å². The van der Waals surface area contributed by atoms with Gasteiger partial charge in [0.1, 0.15) is 5.15 Å². The smallest absolute Gasteiger partial charge is 0.297 e. The van der Waals surface area contributed by atoms with Crippen molar-refractivity contribution in [1.29, 1.82) is 0 Å². The third-order valence-corrected chi connectivity index (χ3v) is 4.36. The summed E-state index contributed by atoms with van der Waals surface area (Å²) in [5, 5.41) is 0.203. The molecule has 0 aliphatic heterocycles. The molecular weight excluding hydrogens is 252 g/mol. The Balaban J connectivity index is 2.15. The maximum atomic E-state index is 12.4. The van der Waals surface area contributed by atoms with Crippen molar-refractivity contribution in [2.24, 2.45) is 11.8 Å². The van der Waals surface area contributed by atoms with Gasteiger partial charge in [-0.15, -0.1) is 0 Å². The van der Waals surface area contributed by atoms with Gasteiger partial charge in [-0.3, -0.25) is 14.3 Å². The Morgan fingerprint density at radius 2 is 1.83 bits per heavy atom. The van der Waals surface area contributed by atoms with Gasteiger partial charge in [-0.2, -0.15) is 0 Å². The first-order valence-electron chi connectivity index (χ1n) is 6.66. The zero-order valence-electron chi connectivity index (χ0n) is 10.4. The predicted molar refractivity (Wildman–Crippen MR) is 70.2 cm³/mol. The molecule has 2 aliphatic rings. The maximum absolute atomic E-state index is 12.4. The Bertz CT molecular complexity index is 570. The molecule has 1 aromatic rings. The van der Waals surface area contributed by atoms with Crippen molar-refractivity contribution >= 4 is 11.6 Å². The Hall–Kier alpha value is -1.03. The van der Waals surface area contributed by atoms with Crippen LogP contribution in [0.15, 0.2) is 9.59 Å². The summed E-state index contributed by atoms with van der Waals surface area (Å²) in [6, 6.07) is 0.101. The minimum Gasteiger partial charge on any atom is -0.297 e. The first-order valence-corrected chi connectivity index (χ1v) is 7.04. The van der Waals surface area contributed by atoms with E-state index < -0.39 is 0 Å². The Labute approximate surface area is 110 Å². The summed E-state index contributed by atoms with van der Waals surface area (Å²) in [6.07, 6.45) is 5.10. The third kappa shape index (κ3) is 1.92. The molecule has 3 rings (SSSR count). The molecule has 2 saturated carbocycles. The van der Waals surface area contributed by atoms with Crippen molar-refractivity contribution in [3.8, 4) is 0 Å². The molecule has 1 N–H and O–H groups in total. The number of halogens is 1. The zero-order valence-corrected chi connectivity index (χ0v) is 11.2. The molecule has 2 fully saturated rings. The fourth-order valence-corrected chi connectivity index (χ4v) is 3.12. The van der Waals surface area contributed by atoms with Gasteiger partial charge in [-0.25, -0.2) is 4.79 Å². The van der Waals surface area contributed by atoms with Gasteiger partial charge in [0.2, 0.25) is 0 Å². The van der Waals surface area contributed by atoms with E-state index in [1.54, 1.807) is 0 Å². The van der Waals surface area contributed by atoms with Gasteiger partial charge < -0.3 is 0 Å². The molecule has 0 bridgehead atoms. The molecule has 0 saturated heterocycles. The number of hydrogen-bond acceptors (Lipinski definition) is 2. The van der Waals surface area contributed by atoms with Crippen molar-refractivity contribution in [3.63, 3.8) is 0 Å². The zero-order chi connectivity index (χ0) is 12.9. The van der Waals surface area contributed by atoms with Crippen LogP contribution in [0.3, 0.4) is 0 Å². The minimum absolute atomic E-state index is 0.101. The average Bonchev–Trinajstić information content (AvgIpc) is 3.17. The monoisotopic (exact) mass is 268 g/mol. The van der Waals surface area contributed by atoms with Crippen LogP contribution in [0.2, 0.25) is 5.15 Å². The molecule has 0 radical (unpaired) electrons. The van der Waals surface area contributed by atoms with Crippen LogP contribution in [0.1, 0.15) is 44.2 Å². The number of aromatic nitrogens is 2. The largest absolute Gasteiger partial charge is 0.329 e. The molecule has 2 aliphatic carbocycles. The van der Waals surface area contributed by atoms with Gasteiger partial charge in [0.05, 0.1) is 5.56 Å². The van der Waals surface area contributed by atoms with Gasteiger partial charge in [-0.1, -0.05) is 18.5 Å². The Kier molecular flexibility index (Phi) is 2.85. The summed E-state index contributed by atoms with van der Waals surface area (Å²) in [7, 11) is 0. The highest BCUT2D eigenvalue weighted by Gasteiger charge is 2.44. The molecule has 0 amide bonds. The fourth-order valence-electron chi connectivity index (χ4n) is 2.82. The van der Waals surface area contributed by atoms with Crippen LogP contribution in [-0.2, 0) is 6.42 Å². The van der Waals surface area contributed by atoms with E-state index in [-0.39, 0.29) is 22.4 Å². The van der Waals surface area contributed by atoms with Gasteiger partial charge in [0.25, 0.3) is 5.56 Å². The molecule has 98 valence electrons. The third-order valence-electron chi connectivity index (χ3n) is 4.04. The summed E-state index contributed by atoms with van der Waals surface area (Å²) in [5.41, 5.74) is 0.00335. The Morgan fingerprint density at radius 3 is 2.28 bits per heavy atom. The summed E-state index contributed by atoms with van der Waals surface area (Å²) < 4.78 is 1.44. The second kappa shape index (κ2) is 4.26. The molecule has 1 aromatic heterocycles. The lowest BCUT2D eigenvalue weighted by Gasteiger charge is -2.18. The number of rotatable bonds is 4. The van der Waals surface area contributed by atoms with E-state index in [4.69, 9.17) is 11.6 Å². The van der Waals surface area contributed by atoms with Crippen molar-refractivity contribution in [2.45, 2.75) is 45.1 Å². The van der Waals surface area contributed by atoms with Gasteiger partial charge >= 0.3 is 5.69 Å². The highest BCUT2D eigenvalue weighted by molar-refractivity contribution is 6.30. The van der Waals surface area contributed by atoms with Gasteiger partial charge in [0, 0.05) is 6.04 Å². The Morgan fingerprint density at radius 1 is 1.28 bits per heavy atom. The van der Waals surface area contributed by atoms with E-state index in [1.165, 1.54) is 4.57 Å². The van der Waals surface area contributed by atoms with E-state index in [1.807, 2.05) is 6.92 Å². The van der Waals surface area contributed by atoms with E-state index >= 15 is 0 Å². The lowest BCUT2D eigenvalue weighted by molar-refractivity contribution is 0.368. The summed E-state index contributed by atoms with van der Waals surface area (Å²) in [4.78, 5) is 27.1. The first kappa shape index (κ1) is 12.0. The van der Waals surface area contributed by atoms with E-state index in [9.17, 15) is 9.59 Å². The summed E-state index contributed by atoms with van der Waals surface area (Å²) in [5.74, 6) is 1.03. The highest BCUT2D eigenvalue weighted by atomic mass is 35.5. The minimum atomic E-state index is -0.342. The summed E-state index contributed by atoms with van der Waals surface area (Å²) in [6.45, 7) is 1.88. The summed E-state index contributed by atoms with van der Waals surface area (Å²) >= 11 is 5.93. The molecule has 5 heteroatoms. The molecule has 0 aromatic carbocycles. The van der Waals surface area contributed by atoms with Crippen LogP contribution < -0.4 is 11.2 Å². The number of aromatic amines is 1. The van der Waals surface area contributed by atoms with Crippen LogP contribution >= 0.6 is 11.6 Å².